The number of ether oxygens (including phenoxy) is 1. The van der Waals surface area contributed by atoms with Gasteiger partial charge in [0.05, 0.1) is 10.3 Å². The van der Waals surface area contributed by atoms with Crippen LogP contribution in [0.5, 0.6) is 5.75 Å². The smallest absolute Gasteiger partial charge is 0.311 e. The number of hydrogen-bond donors (Lipinski definition) is 0. The summed E-state index contributed by atoms with van der Waals surface area (Å²) in [6, 6.07) is 5.91. The van der Waals surface area contributed by atoms with E-state index < -0.39 is 4.92 Å². The van der Waals surface area contributed by atoms with Crippen molar-refractivity contribution in [3.8, 4) is 5.75 Å². The number of esters is 1. The van der Waals surface area contributed by atoms with Gasteiger partial charge in [-0.05, 0) is 24.6 Å². The third-order valence-corrected chi connectivity index (χ3v) is 2.58. The lowest BCUT2D eigenvalue weighted by Gasteiger charge is -2.06. The summed E-state index contributed by atoms with van der Waals surface area (Å²) in [6.07, 6.45) is 2.48. The molecule has 6 heteroatoms. The molecule has 0 unspecified atom stereocenters. The first kappa shape index (κ1) is 12.9. The maximum atomic E-state index is 11.5. The SMILES string of the molecule is CCCC(=O)Oc1ccc([N+](=O)[O-])c2cccnc12. The van der Waals surface area contributed by atoms with Gasteiger partial charge in [-0.3, -0.25) is 19.9 Å². The Morgan fingerprint density at radius 2 is 2.21 bits per heavy atom. The summed E-state index contributed by atoms with van der Waals surface area (Å²) >= 11 is 0. The Bertz CT molecular complexity index is 640. The molecule has 1 heterocycles. The van der Waals surface area contributed by atoms with Gasteiger partial charge in [0.1, 0.15) is 5.52 Å². The van der Waals surface area contributed by atoms with Crippen molar-refractivity contribution in [2.75, 3.05) is 0 Å². The van der Waals surface area contributed by atoms with E-state index in [2.05, 4.69) is 4.98 Å². The number of non-ortho nitro benzene ring substituents is 1. The van der Waals surface area contributed by atoms with Crippen molar-refractivity contribution < 1.29 is 14.5 Å². The molecule has 0 amide bonds. The van der Waals surface area contributed by atoms with E-state index in [1.165, 1.54) is 18.3 Å². The molecule has 19 heavy (non-hydrogen) atoms. The van der Waals surface area contributed by atoms with Crippen LogP contribution < -0.4 is 4.74 Å². The summed E-state index contributed by atoms with van der Waals surface area (Å²) in [5.74, 6) is -0.122. The highest BCUT2D eigenvalue weighted by atomic mass is 16.6. The van der Waals surface area contributed by atoms with Crippen molar-refractivity contribution >= 4 is 22.6 Å². The maximum absolute atomic E-state index is 11.5. The van der Waals surface area contributed by atoms with Crippen molar-refractivity contribution in [3.05, 3.63) is 40.6 Å². The predicted molar refractivity (Wildman–Crippen MR) is 68.9 cm³/mol. The van der Waals surface area contributed by atoms with E-state index >= 15 is 0 Å². The van der Waals surface area contributed by atoms with Gasteiger partial charge in [0, 0.05) is 18.7 Å². The van der Waals surface area contributed by atoms with Crippen LogP contribution in [0, 0.1) is 10.1 Å². The molecule has 0 fully saturated rings. The minimum Gasteiger partial charge on any atom is -0.424 e. The number of nitro benzene ring substituents is 1. The lowest BCUT2D eigenvalue weighted by Crippen LogP contribution is -2.07. The van der Waals surface area contributed by atoms with Gasteiger partial charge in [-0.1, -0.05) is 6.92 Å². The summed E-state index contributed by atoms with van der Waals surface area (Å²) in [5, 5.41) is 11.3. The normalized spacial score (nSPS) is 10.4. The molecule has 2 rings (SSSR count). The molecule has 0 N–H and O–H groups in total. The van der Waals surface area contributed by atoms with Crippen LogP contribution in [0.25, 0.3) is 10.9 Å². The molecule has 0 aliphatic carbocycles. The van der Waals surface area contributed by atoms with Crippen LogP contribution in [0.15, 0.2) is 30.5 Å². The fraction of sp³-hybridized carbons (Fsp3) is 0.231. The highest BCUT2D eigenvalue weighted by Gasteiger charge is 2.17. The van der Waals surface area contributed by atoms with E-state index in [1.807, 2.05) is 6.92 Å². The Balaban J connectivity index is 2.49. The molecule has 6 nitrogen and oxygen atoms in total. The van der Waals surface area contributed by atoms with Crippen molar-refractivity contribution in [2.45, 2.75) is 19.8 Å². The third kappa shape index (κ3) is 2.67. The topological polar surface area (TPSA) is 82.3 Å². The molecule has 0 aliphatic rings. The quantitative estimate of drug-likeness (QED) is 0.365. The summed E-state index contributed by atoms with van der Waals surface area (Å²) in [4.78, 5) is 26.0. The van der Waals surface area contributed by atoms with Gasteiger partial charge in [-0.2, -0.15) is 0 Å². The fourth-order valence-corrected chi connectivity index (χ4v) is 1.75. The zero-order chi connectivity index (χ0) is 13.8. The molecule has 2 aromatic rings. The van der Waals surface area contributed by atoms with Gasteiger partial charge in [-0.25, -0.2) is 0 Å². The van der Waals surface area contributed by atoms with Crippen LogP contribution in [0.1, 0.15) is 19.8 Å². The van der Waals surface area contributed by atoms with Crippen LogP contribution in [0.2, 0.25) is 0 Å². The van der Waals surface area contributed by atoms with E-state index in [4.69, 9.17) is 4.74 Å². The van der Waals surface area contributed by atoms with E-state index in [0.717, 1.165) is 0 Å². The number of rotatable bonds is 4. The highest BCUT2D eigenvalue weighted by Crippen LogP contribution is 2.31. The molecular formula is C13H12N2O4. The Morgan fingerprint density at radius 3 is 2.89 bits per heavy atom. The second-order valence-corrected chi connectivity index (χ2v) is 3.96. The Hall–Kier alpha value is -2.50. The molecule has 0 bridgehead atoms. The van der Waals surface area contributed by atoms with Gasteiger partial charge in [0.25, 0.3) is 5.69 Å². The molecule has 0 aliphatic heterocycles. The molecule has 0 spiro atoms. The average molecular weight is 260 g/mol. The molecule has 98 valence electrons. The van der Waals surface area contributed by atoms with Crippen LogP contribution in [0.4, 0.5) is 5.69 Å². The van der Waals surface area contributed by atoms with Crippen molar-refractivity contribution in [1.82, 2.24) is 4.98 Å². The minimum absolute atomic E-state index is 0.0570. The molecule has 0 radical (unpaired) electrons. The van der Waals surface area contributed by atoms with Crippen LogP contribution in [0.3, 0.4) is 0 Å². The summed E-state index contributed by atoms with van der Waals surface area (Å²) in [5.41, 5.74) is 0.263. The second-order valence-electron chi connectivity index (χ2n) is 3.96. The van der Waals surface area contributed by atoms with Gasteiger partial charge < -0.3 is 4.74 Å². The number of carbonyl (C=O) groups is 1. The second kappa shape index (κ2) is 5.43. The number of pyridine rings is 1. The molecule has 1 aromatic carbocycles. The van der Waals surface area contributed by atoms with Gasteiger partial charge >= 0.3 is 5.97 Å². The van der Waals surface area contributed by atoms with E-state index in [9.17, 15) is 14.9 Å². The number of hydrogen-bond acceptors (Lipinski definition) is 5. The van der Waals surface area contributed by atoms with Gasteiger partial charge in [0.15, 0.2) is 5.75 Å². The Kier molecular flexibility index (Phi) is 3.70. The minimum atomic E-state index is -0.484. The largest absolute Gasteiger partial charge is 0.424 e. The summed E-state index contributed by atoms with van der Waals surface area (Å²) in [6.45, 7) is 1.87. The van der Waals surface area contributed by atoms with Gasteiger partial charge in [-0.15, -0.1) is 0 Å². The fourth-order valence-electron chi connectivity index (χ4n) is 1.75. The van der Waals surface area contributed by atoms with Gasteiger partial charge in [0.2, 0.25) is 0 Å². The number of carbonyl (C=O) groups excluding carboxylic acids is 1. The third-order valence-electron chi connectivity index (χ3n) is 2.58. The number of fused-ring (bicyclic) bond motifs is 1. The van der Waals surface area contributed by atoms with Crippen molar-refractivity contribution in [1.29, 1.82) is 0 Å². The zero-order valence-corrected chi connectivity index (χ0v) is 10.3. The van der Waals surface area contributed by atoms with E-state index in [1.54, 1.807) is 12.1 Å². The number of nitro groups is 1. The molecule has 0 saturated carbocycles. The molecular weight excluding hydrogens is 248 g/mol. The number of benzene rings is 1. The molecule has 0 atom stereocenters. The monoisotopic (exact) mass is 260 g/mol. The van der Waals surface area contributed by atoms with Crippen molar-refractivity contribution in [2.24, 2.45) is 0 Å². The first-order valence-corrected chi connectivity index (χ1v) is 5.86. The average Bonchev–Trinajstić information content (AvgIpc) is 2.39. The summed E-state index contributed by atoms with van der Waals surface area (Å²) in [7, 11) is 0. The van der Waals surface area contributed by atoms with Crippen LogP contribution >= 0.6 is 0 Å². The Morgan fingerprint density at radius 1 is 1.42 bits per heavy atom. The number of aromatic nitrogens is 1. The van der Waals surface area contributed by atoms with E-state index in [-0.39, 0.29) is 17.4 Å². The lowest BCUT2D eigenvalue weighted by molar-refractivity contribution is -0.383. The predicted octanol–water partition coefficient (Wildman–Crippen LogP) is 2.85. The molecule has 1 aromatic heterocycles. The Labute approximate surface area is 109 Å². The summed E-state index contributed by atoms with van der Waals surface area (Å²) < 4.78 is 5.18. The highest BCUT2D eigenvalue weighted by molar-refractivity contribution is 5.93. The van der Waals surface area contributed by atoms with Crippen LogP contribution in [-0.4, -0.2) is 15.9 Å². The van der Waals surface area contributed by atoms with E-state index in [0.29, 0.717) is 23.7 Å². The number of nitrogens with zero attached hydrogens (tertiary/aromatic N) is 2. The van der Waals surface area contributed by atoms with Crippen LogP contribution in [-0.2, 0) is 4.79 Å². The lowest BCUT2D eigenvalue weighted by atomic mass is 10.1. The van der Waals surface area contributed by atoms with Crippen molar-refractivity contribution in [3.63, 3.8) is 0 Å². The molecule has 0 saturated heterocycles. The zero-order valence-electron chi connectivity index (χ0n) is 10.3. The maximum Gasteiger partial charge on any atom is 0.311 e. The first-order valence-electron chi connectivity index (χ1n) is 5.86. The standard InChI is InChI=1S/C13H12N2O4/c1-2-4-12(16)19-11-7-6-10(15(17)18)9-5-3-8-14-13(9)11/h3,5-8H,2,4H2,1H3. The first-order chi connectivity index (χ1) is 9.13.